The highest BCUT2D eigenvalue weighted by molar-refractivity contribution is 8.18. The van der Waals surface area contributed by atoms with Gasteiger partial charge in [-0.3, -0.25) is 4.99 Å². The molecule has 1 aromatic rings. The molecule has 0 fully saturated rings. The summed E-state index contributed by atoms with van der Waals surface area (Å²) in [6.45, 7) is 8.28. The Labute approximate surface area is 196 Å². The first-order valence-corrected chi connectivity index (χ1v) is 11.7. The number of fused-ring (bicyclic) bond motifs is 1. The van der Waals surface area contributed by atoms with E-state index < -0.39 is 16.9 Å². The predicted octanol–water partition coefficient (Wildman–Crippen LogP) is 5.89. The van der Waals surface area contributed by atoms with Crippen molar-refractivity contribution in [1.29, 1.82) is 0 Å². The summed E-state index contributed by atoms with van der Waals surface area (Å²) in [5.74, 6) is -0.914. The zero-order chi connectivity index (χ0) is 22.7. The molecular weight excluding hydrogens is 453 g/mol. The summed E-state index contributed by atoms with van der Waals surface area (Å²) in [4.78, 5) is 19.6. The summed E-state index contributed by atoms with van der Waals surface area (Å²) in [6, 6.07) is 7.49. The van der Waals surface area contributed by atoms with E-state index in [1.54, 1.807) is 0 Å². The van der Waals surface area contributed by atoms with Crippen molar-refractivity contribution in [2.75, 3.05) is 0 Å². The van der Waals surface area contributed by atoms with E-state index in [1.807, 2.05) is 50.3 Å². The fourth-order valence-electron chi connectivity index (χ4n) is 4.74. The number of carboxylic acid groups (broad SMARTS) is 1. The molecule has 2 aliphatic heterocycles. The van der Waals surface area contributed by atoms with Gasteiger partial charge in [-0.25, -0.2) is 4.79 Å². The lowest BCUT2D eigenvalue weighted by Crippen LogP contribution is -2.48. The van der Waals surface area contributed by atoms with Crippen LogP contribution in [0.5, 0.6) is 0 Å². The van der Waals surface area contributed by atoms with E-state index in [2.05, 4.69) is 18.7 Å². The third-order valence-electron chi connectivity index (χ3n) is 6.55. The summed E-state index contributed by atoms with van der Waals surface area (Å²) < 4.78 is 0. The number of hydrogen-bond donors (Lipinski definition) is 2. The molecule has 3 aliphatic rings. The second-order valence-corrected chi connectivity index (χ2v) is 10.7. The lowest BCUT2D eigenvalue weighted by Gasteiger charge is -2.47. The number of amidine groups is 1. The fourth-order valence-corrected chi connectivity index (χ4v) is 6.24. The van der Waals surface area contributed by atoms with Gasteiger partial charge in [0.05, 0.1) is 16.6 Å². The topological polar surface area (TPSA) is 78.9 Å². The van der Waals surface area contributed by atoms with Crippen molar-refractivity contribution in [3.63, 3.8) is 0 Å². The smallest absolute Gasteiger partial charge is 0.344 e. The van der Waals surface area contributed by atoms with E-state index in [1.165, 1.54) is 11.8 Å². The first-order valence-electron chi connectivity index (χ1n) is 10.1. The molecule has 4 rings (SSSR count). The van der Waals surface area contributed by atoms with Gasteiger partial charge in [-0.2, -0.15) is 0 Å². The molecule has 0 aromatic heterocycles. The quantitative estimate of drug-likeness (QED) is 0.565. The van der Waals surface area contributed by atoms with E-state index in [0.29, 0.717) is 32.2 Å². The fraction of sp³-hybridized carbons (Fsp3) is 0.391. The lowest BCUT2D eigenvalue weighted by molar-refractivity contribution is -0.131. The number of aliphatic imine (C=N–C) groups is 1. The molecule has 0 amide bonds. The van der Waals surface area contributed by atoms with Crippen LogP contribution in [0, 0.1) is 11.3 Å². The molecule has 0 spiro atoms. The van der Waals surface area contributed by atoms with Crippen LogP contribution in [0.25, 0.3) is 0 Å². The average Bonchev–Trinajstić information content (AvgIpc) is 3.19. The highest BCUT2D eigenvalue weighted by Crippen LogP contribution is 2.59. The number of nitrogens with two attached hydrogens (primary N) is 1. The molecule has 0 radical (unpaired) electrons. The normalized spacial score (nSPS) is 30.4. The van der Waals surface area contributed by atoms with Crippen LogP contribution in [0.1, 0.15) is 45.7 Å². The molecule has 1 aromatic carbocycles. The minimum atomic E-state index is -0.926. The summed E-state index contributed by atoms with van der Waals surface area (Å²) >= 11 is 13.7. The third-order valence-corrected chi connectivity index (χ3v) is 8.23. The second-order valence-electron chi connectivity index (χ2n) is 8.92. The number of allylic oxidation sites excluding steroid dienone is 3. The molecule has 3 atom stereocenters. The van der Waals surface area contributed by atoms with E-state index in [-0.39, 0.29) is 12.0 Å². The zero-order valence-corrected chi connectivity index (χ0v) is 20.1. The van der Waals surface area contributed by atoms with Gasteiger partial charge >= 0.3 is 5.97 Å². The number of nitrogens with zero attached hydrogens (tertiary/aromatic N) is 2. The van der Waals surface area contributed by atoms with Crippen LogP contribution in [-0.4, -0.2) is 26.7 Å². The summed E-state index contributed by atoms with van der Waals surface area (Å²) in [5, 5.41) is 11.8. The highest BCUT2D eigenvalue weighted by atomic mass is 35.5. The minimum Gasteiger partial charge on any atom is -0.477 e. The van der Waals surface area contributed by atoms with Crippen LogP contribution in [0.4, 0.5) is 0 Å². The molecular formula is C23H25Cl2N3O2S. The SMILES string of the molecule is CC(C)C1=C(C(=O)O)SC2=NC(C)(C3(C)C=C(N)C(Cl)=CC3)C(c3ccc(Cl)cc3)N21. The molecule has 2 heterocycles. The van der Waals surface area contributed by atoms with Gasteiger partial charge in [-0.1, -0.05) is 68.3 Å². The number of carboxylic acids is 1. The number of hydrogen-bond acceptors (Lipinski definition) is 5. The van der Waals surface area contributed by atoms with Gasteiger partial charge in [-0.05, 0) is 48.7 Å². The molecule has 0 saturated carbocycles. The predicted molar refractivity (Wildman–Crippen MR) is 128 cm³/mol. The van der Waals surface area contributed by atoms with Crippen molar-refractivity contribution in [1.82, 2.24) is 4.90 Å². The van der Waals surface area contributed by atoms with E-state index >= 15 is 0 Å². The standard InChI is InChI=1S/C23H25Cl2N3O2S/c1-12(2)17-18(20(29)30)31-21-27-23(4,22(3)10-9-15(25)16(26)11-22)19(28(17)21)13-5-7-14(24)8-6-13/h5-9,11-12,19H,10,26H2,1-4H3,(H,29,30). The maximum atomic E-state index is 12.0. The summed E-state index contributed by atoms with van der Waals surface area (Å²) in [6.07, 6.45) is 4.63. The highest BCUT2D eigenvalue weighted by Gasteiger charge is 2.59. The van der Waals surface area contributed by atoms with Crippen molar-refractivity contribution >= 4 is 46.1 Å². The molecule has 0 bridgehead atoms. The van der Waals surface area contributed by atoms with Crippen LogP contribution in [0.15, 0.2) is 62.7 Å². The molecule has 1 aliphatic carbocycles. The van der Waals surface area contributed by atoms with Gasteiger partial charge in [0.15, 0.2) is 5.17 Å². The average molecular weight is 478 g/mol. The molecule has 31 heavy (non-hydrogen) atoms. The van der Waals surface area contributed by atoms with Crippen molar-refractivity contribution in [2.24, 2.45) is 22.1 Å². The Morgan fingerprint density at radius 2 is 1.94 bits per heavy atom. The Morgan fingerprint density at radius 3 is 2.48 bits per heavy atom. The van der Waals surface area contributed by atoms with Crippen molar-refractivity contribution < 1.29 is 9.90 Å². The van der Waals surface area contributed by atoms with E-state index in [0.717, 1.165) is 11.3 Å². The van der Waals surface area contributed by atoms with Crippen LogP contribution < -0.4 is 5.73 Å². The van der Waals surface area contributed by atoms with Gasteiger partial charge in [0, 0.05) is 21.8 Å². The Kier molecular flexibility index (Phi) is 5.48. The van der Waals surface area contributed by atoms with Crippen molar-refractivity contribution in [2.45, 2.75) is 45.7 Å². The zero-order valence-electron chi connectivity index (χ0n) is 17.8. The van der Waals surface area contributed by atoms with Gasteiger partial charge in [0.1, 0.15) is 4.91 Å². The van der Waals surface area contributed by atoms with Crippen LogP contribution >= 0.6 is 35.0 Å². The second kappa shape index (κ2) is 7.61. The Balaban J connectivity index is 1.92. The van der Waals surface area contributed by atoms with E-state index in [9.17, 15) is 9.90 Å². The monoisotopic (exact) mass is 477 g/mol. The van der Waals surface area contributed by atoms with Gasteiger partial charge in [0.2, 0.25) is 0 Å². The number of aliphatic carboxylic acids is 1. The first kappa shape index (κ1) is 22.3. The maximum absolute atomic E-state index is 12.0. The molecule has 3 N–H and O–H groups in total. The number of rotatable bonds is 4. The Bertz CT molecular complexity index is 1080. The summed E-state index contributed by atoms with van der Waals surface area (Å²) in [5.41, 5.74) is 7.52. The van der Waals surface area contributed by atoms with Crippen LogP contribution in [0.3, 0.4) is 0 Å². The first-order chi connectivity index (χ1) is 14.5. The maximum Gasteiger partial charge on any atom is 0.344 e. The molecule has 8 heteroatoms. The van der Waals surface area contributed by atoms with Gasteiger partial charge in [0.25, 0.3) is 0 Å². The van der Waals surface area contributed by atoms with Crippen molar-refractivity contribution in [3.8, 4) is 0 Å². The third kappa shape index (κ3) is 3.40. The molecule has 164 valence electrons. The van der Waals surface area contributed by atoms with Crippen LogP contribution in [0.2, 0.25) is 5.02 Å². The van der Waals surface area contributed by atoms with Gasteiger partial charge < -0.3 is 15.7 Å². The van der Waals surface area contributed by atoms with Gasteiger partial charge in [-0.15, -0.1) is 0 Å². The largest absolute Gasteiger partial charge is 0.477 e. The number of halogens is 2. The Morgan fingerprint density at radius 1 is 1.29 bits per heavy atom. The van der Waals surface area contributed by atoms with Crippen molar-refractivity contribution in [3.05, 3.63) is 68.3 Å². The number of carbonyl (C=O) groups is 1. The minimum absolute atomic E-state index is 0.0116. The Hall–Kier alpha value is -1.89. The summed E-state index contributed by atoms with van der Waals surface area (Å²) in [7, 11) is 0. The molecule has 3 unspecified atom stereocenters. The number of thioether (sulfide) groups is 1. The van der Waals surface area contributed by atoms with E-state index in [4.69, 9.17) is 33.9 Å². The lowest BCUT2D eigenvalue weighted by atomic mass is 9.63. The number of benzene rings is 1. The van der Waals surface area contributed by atoms with Crippen LogP contribution in [-0.2, 0) is 4.79 Å². The molecule has 0 saturated heterocycles. The molecule has 5 nitrogen and oxygen atoms in total.